The standard InChI is InChI=1S/C22H28ClN3O2/c1-14-5-4-8-22(14)9-11-26(12-10-22)21-17(13-27)25-20(15(2)24-21)16-6-3-7-18(28)19(16)23/h3,6-7,14,27-28H,4-5,8-13H2,1-2H3/t14-/m1/s1. The van der Waals surface area contributed by atoms with E-state index >= 15 is 0 Å². The zero-order valence-electron chi connectivity index (χ0n) is 16.6. The maximum absolute atomic E-state index is 9.97. The van der Waals surface area contributed by atoms with Crippen LogP contribution in [0.2, 0.25) is 5.02 Å². The Morgan fingerprint density at radius 3 is 2.61 bits per heavy atom. The van der Waals surface area contributed by atoms with E-state index in [1.807, 2.05) is 13.0 Å². The highest BCUT2D eigenvalue weighted by Gasteiger charge is 2.42. The monoisotopic (exact) mass is 401 g/mol. The number of hydrogen-bond acceptors (Lipinski definition) is 5. The molecule has 5 nitrogen and oxygen atoms in total. The average Bonchev–Trinajstić information content (AvgIpc) is 3.04. The summed E-state index contributed by atoms with van der Waals surface area (Å²) in [7, 11) is 0. The van der Waals surface area contributed by atoms with Gasteiger partial charge in [0.15, 0.2) is 5.82 Å². The van der Waals surface area contributed by atoms with Gasteiger partial charge in [0.2, 0.25) is 0 Å². The van der Waals surface area contributed by atoms with E-state index in [-0.39, 0.29) is 17.4 Å². The number of benzene rings is 1. The molecule has 0 radical (unpaired) electrons. The van der Waals surface area contributed by atoms with E-state index in [0.29, 0.717) is 22.4 Å². The minimum absolute atomic E-state index is 0.0157. The van der Waals surface area contributed by atoms with Crippen LogP contribution in [-0.2, 0) is 6.61 Å². The molecular formula is C22H28ClN3O2. The Morgan fingerprint density at radius 1 is 1.21 bits per heavy atom. The second-order valence-electron chi connectivity index (χ2n) is 8.37. The van der Waals surface area contributed by atoms with E-state index in [2.05, 4.69) is 11.8 Å². The maximum atomic E-state index is 9.97. The Hall–Kier alpha value is -1.85. The first kappa shape index (κ1) is 19.5. The van der Waals surface area contributed by atoms with Crippen LogP contribution in [0.5, 0.6) is 5.75 Å². The molecule has 6 heteroatoms. The number of halogens is 1. The third-order valence-electron chi connectivity index (χ3n) is 6.92. The van der Waals surface area contributed by atoms with Gasteiger partial charge < -0.3 is 15.1 Å². The molecule has 0 bridgehead atoms. The number of aromatic hydroxyl groups is 1. The summed E-state index contributed by atoms with van der Waals surface area (Å²) in [5.74, 6) is 1.59. The molecule has 2 aliphatic rings. The third kappa shape index (κ3) is 3.25. The largest absolute Gasteiger partial charge is 0.506 e. The fraction of sp³-hybridized carbons (Fsp3) is 0.545. The zero-order valence-corrected chi connectivity index (χ0v) is 17.3. The van der Waals surface area contributed by atoms with Crippen molar-refractivity contribution in [2.75, 3.05) is 18.0 Å². The molecule has 4 rings (SSSR count). The summed E-state index contributed by atoms with van der Waals surface area (Å²) in [5.41, 5.74) is 3.04. The van der Waals surface area contributed by atoms with Crippen LogP contribution in [0.1, 0.15) is 50.4 Å². The number of phenols is 1. The molecule has 1 spiro atoms. The Bertz CT molecular complexity index is 878. The maximum Gasteiger partial charge on any atom is 0.153 e. The third-order valence-corrected chi connectivity index (χ3v) is 7.32. The predicted octanol–water partition coefficient (Wildman–Crippen LogP) is 4.71. The number of aliphatic hydroxyl groups is 1. The highest BCUT2D eigenvalue weighted by Crippen LogP contribution is 2.50. The van der Waals surface area contributed by atoms with Gasteiger partial charge in [-0.25, -0.2) is 9.97 Å². The minimum Gasteiger partial charge on any atom is -0.506 e. The quantitative estimate of drug-likeness (QED) is 0.779. The number of piperidine rings is 1. The van der Waals surface area contributed by atoms with E-state index in [1.165, 1.54) is 32.1 Å². The van der Waals surface area contributed by atoms with Gasteiger partial charge in [0.1, 0.15) is 11.4 Å². The fourth-order valence-corrected chi connectivity index (χ4v) is 5.29. The number of rotatable bonds is 3. The Kier molecular flexibility index (Phi) is 5.23. The second-order valence-corrected chi connectivity index (χ2v) is 8.75. The number of aryl methyl sites for hydroxylation is 1. The molecule has 1 aromatic carbocycles. The van der Waals surface area contributed by atoms with Crippen LogP contribution in [0, 0.1) is 18.3 Å². The first-order valence-electron chi connectivity index (χ1n) is 10.2. The smallest absolute Gasteiger partial charge is 0.153 e. The normalized spacial score (nSPS) is 21.4. The molecule has 2 aromatic rings. The lowest BCUT2D eigenvalue weighted by atomic mass is 9.71. The van der Waals surface area contributed by atoms with Crippen molar-refractivity contribution in [3.63, 3.8) is 0 Å². The molecule has 1 aliphatic carbocycles. The van der Waals surface area contributed by atoms with E-state index in [9.17, 15) is 10.2 Å². The average molecular weight is 402 g/mol. The van der Waals surface area contributed by atoms with Crippen molar-refractivity contribution >= 4 is 17.4 Å². The van der Waals surface area contributed by atoms with Crippen molar-refractivity contribution in [3.8, 4) is 17.0 Å². The van der Waals surface area contributed by atoms with Gasteiger partial charge in [-0.3, -0.25) is 0 Å². The van der Waals surface area contributed by atoms with Crippen molar-refractivity contribution in [3.05, 3.63) is 34.6 Å². The van der Waals surface area contributed by atoms with Gasteiger partial charge >= 0.3 is 0 Å². The van der Waals surface area contributed by atoms with E-state index < -0.39 is 0 Å². The highest BCUT2D eigenvalue weighted by atomic mass is 35.5. The van der Waals surface area contributed by atoms with Crippen LogP contribution in [-0.4, -0.2) is 33.3 Å². The lowest BCUT2D eigenvalue weighted by molar-refractivity contribution is 0.161. The summed E-state index contributed by atoms with van der Waals surface area (Å²) in [6.07, 6.45) is 6.40. The first-order valence-corrected chi connectivity index (χ1v) is 10.5. The van der Waals surface area contributed by atoms with Gasteiger partial charge in [0.05, 0.1) is 23.0 Å². The SMILES string of the molecule is Cc1nc(N2CCC3(CCC[C@H]3C)CC2)c(CO)nc1-c1cccc(O)c1Cl. The highest BCUT2D eigenvalue weighted by molar-refractivity contribution is 6.34. The number of phenolic OH excluding ortho intramolecular Hbond substituents is 1. The van der Waals surface area contributed by atoms with Crippen molar-refractivity contribution < 1.29 is 10.2 Å². The van der Waals surface area contributed by atoms with Crippen LogP contribution < -0.4 is 4.90 Å². The fourth-order valence-electron chi connectivity index (χ4n) is 5.08. The van der Waals surface area contributed by atoms with Crippen LogP contribution in [0.25, 0.3) is 11.3 Å². The second kappa shape index (κ2) is 7.53. The molecule has 1 saturated carbocycles. The number of nitrogens with zero attached hydrogens (tertiary/aromatic N) is 3. The molecule has 1 saturated heterocycles. The minimum atomic E-state index is -0.176. The lowest BCUT2D eigenvalue weighted by Crippen LogP contribution is -2.42. The molecule has 1 atom stereocenters. The molecular weight excluding hydrogens is 374 g/mol. The van der Waals surface area contributed by atoms with Gasteiger partial charge in [-0.05, 0) is 43.6 Å². The van der Waals surface area contributed by atoms with Crippen molar-refractivity contribution in [2.24, 2.45) is 11.3 Å². The van der Waals surface area contributed by atoms with E-state index in [4.69, 9.17) is 21.6 Å². The van der Waals surface area contributed by atoms with Crippen LogP contribution in [0.3, 0.4) is 0 Å². The predicted molar refractivity (Wildman–Crippen MR) is 112 cm³/mol. The number of aliphatic hydroxyl groups excluding tert-OH is 1. The number of anilines is 1. The summed E-state index contributed by atoms with van der Waals surface area (Å²) in [5, 5.41) is 20.1. The van der Waals surface area contributed by atoms with Gasteiger partial charge in [-0.15, -0.1) is 0 Å². The van der Waals surface area contributed by atoms with Gasteiger partial charge in [-0.1, -0.05) is 43.5 Å². The van der Waals surface area contributed by atoms with Crippen LogP contribution in [0.15, 0.2) is 18.2 Å². The van der Waals surface area contributed by atoms with Crippen molar-refractivity contribution in [1.29, 1.82) is 0 Å². The first-order chi connectivity index (χ1) is 13.4. The summed E-state index contributed by atoms with van der Waals surface area (Å²) >= 11 is 6.28. The van der Waals surface area contributed by atoms with Crippen molar-refractivity contribution in [1.82, 2.24) is 9.97 Å². The molecule has 150 valence electrons. The Labute approximate surface area is 171 Å². The van der Waals surface area contributed by atoms with Gasteiger partial charge in [-0.2, -0.15) is 0 Å². The molecule has 2 fully saturated rings. The number of hydrogen-bond donors (Lipinski definition) is 2. The topological polar surface area (TPSA) is 69.5 Å². The van der Waals surface area contributed by atoms with Gasteiger partial charge in [0.25, 0.3) is 0 Å². The molecule has 28 heavy (non-hydrogen) atoms. The summed E-state index contributed by atoms with van der Waals surface area (Å²) in [6, 6.07) is 5.09. The Morgan fingerprint density at radius 2 is 1.96 bits per heavy atom. The van der Waals surface area contributed by atoms with Crippen LogP contribution >= 0.6 is 11.6 Å². The molecule has 2 heterocycles. The summed E-state index contributed by atoms with van der Waals surface area (Å²) in [4.78, 5) is 11.8. The summed E-state index contributed by atoms with van der Waals surface area (Å²) < 4.78 is 0. The Balaban J connectivity index is 1.64. The van der Waals surface area contributed by atoms with Crippen LogP contribution in [0.4, 0.5) is 5.82 Å². The van der Waals surface area contributed by atoms with E-state index in [0.717, 1.165) is 30.5 Å². The molecule has 1 aliphatic heterocycles. The zero-order chi connectivity index (χ0) is 19.9. The lowest BCUT2D eigenvalue weighted by Gasteiger charge is -2.43. The molecule has 0 amide bonds. The van der Waals surface area contributed by atoms with E-state index in [1.54, 1.807) is 12.1 Å². The summed E-state index contributed by atoms with van der Waals surface area (Å²) in [6.45, 7) is 6.04. The van der Waals surface area contributed by atoms with Crippen molar-refractivity contribution in [2.45, 2.75) is 52.6 Å². The van der Waals surface area contributed by atoms with Gasteiger partial charge in [0, 0.05) is 18.7 Å². The molecule has 0 unspecified atom stereocenters. The molecule has 2 N–H and O–H groups in total. The molecule has 1 aromatic heterocycles. The number of aromatic nitrogens is 2.